The normalized spacial score (nSPS) is 23.5. The molecule has 0 spiro atoms. The second-order valence-electron chi connectivity index (χ2n) is 5.17. The zero-order valence-corrected chi connectivity index (χ0v) is 13.4. The quantitative estimate of drug-likeness (QED) is 0.840. The maximum absolute atomic E-state index is 3.65. The van der Waals surface area contributed by atoms with E-state index in [1.807, 2.05) is 11.3 Å². The van der Waals surface area contributed by atoms with Crippen LogP contribution < -0.4 is 5.32 Å². The molecule has 0 aliphatic carbocycles. The molecule has 0 bridgehead atoms. The van der Waals surface area contributed by atoms with Gasteiger partial charge < -0.3 is 5.32 Å². The summed E-state index contributed by atoms with van der Waals surface area (Å²) >= 11 is 5.60. The fourth-order valence-corrected chi connectivity index (χ4v) is 4.67. The Morgan fingerprint density at radius 2 is 2.00 bits per heavy atom. The van der Waals surface area contributed by atoms with Crippen molar-refractivity contribution < 1.29 is 0 Å². The molecule has 1 nitrogen and oxygen atoms in total. The maximum atomic E-state index is 3.65. The van der Waals surface area contributed by atoms with Crippen molar-refractivity contribution >= 4 is 27.3 Å². The van der Waals surface area contributed by atoms with Gasteiger partial charge in [-0.2, -0.15) is 0 Å². The molecule has 0 saturated carbocycles. The molecule has 19 heavy (non-hydrogen) atoms. The zero-order valence-electron chi connectivity index (χ0n) is 11.0. The Hall–Kier alpha value is -0.640. The number of rotatable bonds is 2. The predicted octanol–water partition coefficient (Wildman–Crippen LogP) is 4.68. The Labute approximate surface area is 127 Å². The first-order valence-corrected chi connectivity index (χ1v) is 8.38. The molecule has 1 aromatic carbocycles. The lowest BCUT2D eigenvalue weighted by Gasteiger charge is -2.32. The third-order valence-electron chi connectivity index (χ3n) is 3.95. The summed E-state index contributed by atoms with van der Waals surface area (Å²) < 4.78 is 1.26. The third-order valence-corrected chi connectivity index (χ3v) is 6.22. The smallest absolute Gasteiger partial charge is 0.0314 e. The van der Waals surface area contributed by atoms with Gasteiger partial charge >= 0.3 is 0 Å². The molecule has 100 valence electrons. The van der Waals surface area contributed by atoms with E-state index in [9.17, 15) is 0 Å². The van der Waals surface area contributed by atoms with Crippen LogP contribution in [0.15, 0.2) is 40.9 Å². The average molecular weight is 336 g/mol. The van der Waals surface area contributed by atoms with E-state index in [0.717, 1.165) is 13.1 Å². The summed E-state index contributed by atoms with van der Waals surface area (Å²) in [6.45, 7) is 4.41. The van der Waals surface area contributed by atoms with E-state index in [4.69, 9.17) is 0 Å². The van der Waals surface area contributed by atoms with E-state index >= 15 is 0 Å². The molecule has 3 heteroatoms. The van der Waals surface area contributed by atoms with Crippen LogP contribution in [0.3, 0.4) is 0 Å². The lowest BCUT2D eigenvalue weighted by Crippen LogP contribution is -2.33. The summed E-state index contributed by atoms with van der Waals surface area (Å²) in [5, 5.41) is 3.55. The number of aryl methyl sites for hydroxylation is 1. The number of piperidine rings is 1. The molecule has 3 rings (SSSR count). The number of thiophene rings is 1. The Kier molecular flexibility index (Phi) is 4.06. The van der Waals surface area contributed by atoms with E-state index in [0.29, 0.717) is 11.8 Å². The molecule has 2 unspecified atom stereocenters. The van der Waals surface area contributed by atoms with Gasteiger partial charge in [0, 0.05) is 32.6 Å². The van der Waals surface area contributed by atoms with Gasteiger partial charge in [0.25, 0.3) is 0 Å². The summed E-state index contributed by atoms with van der Waals surface area (Å²) in [5.41, 5.74) is 1.46. The largest absolute Gasteiger partial charge is 0.316 e. The van der Waals surface area contributed by atoms with Crippen molar-refractivity contribution in [2.45, 2.75) is 25.2 Å². The second kappa shape index (κ2) is 5.78. The number of hydrogen-bond acceptors (Lipinski definition) is 2. The van der Waals surface area contributed by atoms with Crippen LogP contribution in [-0.4, -0.2) is 13.1 Å². The summed E-state index contributed by atoms with van der Waals surface area (Å²) in [5.74, 6) is 1.25. The molecule has 1 N–H and O–H groups in total. The molecule has 1 aromatic heterocycles. The molecule has 1 saturated heterocycles. The molecule has 0 radical (unpaired) electrons. The SMILES string of the molecule is Cc1sc(C2CCNCC2c2ccccc2)cc1Br. The van der Waals surface area contributed by atoms with Crippen LogP contribution in [0.1, 0.15) is 33.6 Å². The topological polar surface area (TPSA) is 12.0 Å². The van der Waals surface area contributed by atoms with Crippen LogP contribution >= 0.6 is 27.3 Å². The van der Waals surface area contributed by atoms with Crippen LogP contribution in [-0.2, 0) is 0 Å². The highest BCUT2D eigenvalue weighted by atomic mass is 79.9. The predicted molar refractivity (Wildman–Crippen MR) is 86.2 cm³/mol. The van der Waals surface area contributed by atoms with Crippen molar-refractivity contribution in [3.63, 3.8) is 0 Å². The zero-order chi connectivity index (χ0) is 13.2. The van der Waals surface area contributed by atoms with Crippen LogP contribution in [0.5, 0.6) is 0 Å². The van der Waals surface area contributed by atoms with E-state index in [2.05, 4.69) is 64.6 Å². The van der Waals surface area contributed by atoms with Gasteiger partial charge in [-0.05, 0) is 47.4 Å². The minimum Gasteiger partial charge on any atom is -0.316 e. The molecule has 0 amide bonds. The van der Waals surface area contributed by atoms with Crippen molar-refractivity contribution in [3.8, 4) is 0 Å². The van der Waals surface area contributed by atoms with Gasteiger partial charge in [0.05, 0.1) is 0 Å². The summed E-state index contributed by atoms with van der Waals surface area (Å²) in [6.07, 6.45) is 1.23. The van der Waals surface area contributed by atoms with Gasteiger partial charge in [0.1, 0.15) is 0 Å². The number of hydrogen-bond donors (Lipinski definition) is 1. The minimum atomic E-state index is 0.597. The number of benzene rings is 1. The van der Waals surface area contributed by atoms with Gasteiger partial charge in [0.15, 0.2) is 0 Å². The van der Waals surface area contributed by atoms with E-state index in [1.54, 1.807) is 0 Å². The van der Waals surface area contributed by atoms with Gasteiger partial charge in [0.2, 0.25) is 0 Å². The van der Waals surface area contributed by atoms with Crippen molar-refractivity contribution in [1.29, 1.82) is 0 Å². The van der Waals surface area contributed by atoms with Gasteiger partial charge in [-0.1, -0.05) is 30.3 Å². The Morgan fingerprint density at radius 3 is 2.68 bits per heavy atom. The highest BCUT2D eigenvalue weighted by Gasteiger charge is 2.29. The number of nitrogens with one attached hydrogen (secondary N) is 1. The van der Waals surface area contributed by atoms with Gasteiger partial charge in [-0.15, -0.1) is 11.3 Å². The highest BCUT2D eigenvalue weighted by molar-refractivity contribution is 9.10. The summed E-state index contributed by atoms with van der Waals surface area (Å²) in [6, 6.07) is 13.3. The first-order chi connectivity index (χ1) is 9.25. The lowest BCUT2D eigenvalue weighted by molar-refractivity contribution is 0.408. The molecule has 1 aliphatic rings. The van der Waals surface area contributed by atoms with Crippen molar-refractivity contribution in [1.82, 2.24) is 5.32 Å². The minimum absolute atomic E-state index is 0.597. The molecule has 1 fully saturated rings. The Balaban J connectivity index is 1.93. The molecule has 2 heterocycles. The molecule has 1 aliphatic heterocycles. The van der Waals surface area contributed by atoms with Crippen LogP contribution in [0.2, 0.25) is 0 Å². The second-order valence-corrected chi connectivity index (χ2v) is 7.31. The Morgan fingerprint density at radius 1 is 1.21 bits per heavy atom. The van der Waals surface area contributed by atoms with Crippen molar-refractivity contribution in [2.24, 2.45) is 0 Å². The fraction of sp³-hybridized carbons (Fsp3) is 0.375. The van der Waals surface area contributed by atoms with Crippen molar-refractivity contribution in [3.05, 3.63) is 56.2 Å². The van der Waals surface area contributed by atoms with Gasteiger partial charge in [-0.3, -0.25) is 0 Å². The van der Waals surface area contributed by atoms with Crippen molar-refractivity contribution in [2.75, 3.05) is 13.1 Å². The standard InChI is InChI=1S/C16H18BrNS/c1-11-15(17)9-16(19-11)13-7-8-18-10-14(13)12-5-3-2-4-6-12/h2-6,9,13-14,18H,7-8,10H2,1H3. The first-order valence-electron chi connectivity index (χ1n) is 6.77. The molecular formula is C16H18BrNS. The molecular weight excluding hydrogens is 318 g/mol. The molecule has 2 aromatic rings. The highest BCUT2D eigenvalue weighted by Crippen LogP contribution is 2.42. The third kappa shape index (κ3) is 2.78. The van der Waals surface area contributed by atoms with Crippen LogP contribution in [0.4, 0.5) is 0 Å². The first kappa shape index (κ1) is 13.3. The van der Waals surface area contributed by atoms with E-state index in [-0.39, 0.29) is 0 Å². The lowest BCUT2D eigenvalue weighted by atomic mass is 9.80. The van der Waals surface area contributed by atoms with E-state index < -0.39 is 0 Å². The molecule has 2 atom stereocenters. The summed E-state index contributed by atoms with van der Waals surface area (Å²) in [4.78, 5) is 2.92. The fourth-order valence-electron chi connectivity index (χ4n) is 2.91. The monoisotopic (exact) mass is 335 g/mol. The Bertz CT molecular complexity index is 530. The van der Waals surface area contributed by atoms with E-state index in [1.165, 1.54) is 26.2 Å². The summed E-state index contributed by atoms with van der Waals surface area (Å²) in [7, 11) is 0. The average Bonchev–Trinajstić information content (AvgIpc) is 2.80. The van der Waals surface area contributed by atoms with Gasteiger partial charge in [-0.25, -0.2) is 0 Å². The maximum Gasteiger partial charge on any atom is 0.0314 e. The van der Waals surface area contributed by atoms with Crippen LogP contribution in [0.25, 0.3) is 0 Å². The van der Waals surface area contributed by atoms with Crippen LogP contribution in [0, 0.1) is 6.92 Å². The number of halogens is 1.